The maximum Gasteiger partial charge on any atom is 0.303 e. The van der Waals surface area contributed by atoms with Gasteiger partial charge < -0.3 is 14.9 Å². The number of aliphatic hydroxyl groups excluding tert-OH is 1. The lowest BCUT2D eigenvalue weighted by atomic mass is 9.30. The van der Waals surface area contributed by atoms with Gasteiger partial charge in [-0.05, 0) is 52.8 Å². The zero-order chi connectivity index (χ0) is 26.7. The van der Waals surface area contributed by atoms with Crippen LogP contribution in [-0.4, -0.2) is 60.5 Å². The normalized spacial score (nSPS) is 24.6. The lowest BCUT2D eigenvalue weighted by Gasteiger charge is -2.74. The molecule has 8 nitrogen and oxygen atoms in total. The van der Waals surface area contributed by atoms with E-state index < -0.39 is 65.2 Å². The number of rotatable bonds is 10. The summed E-state index contributed by atoms with van der Waals surface area (Å²) < 4.78 is 92.6. The molecule has 0 spiro atoms. The van der Waals surface area contributed by atoms with Gasteiger partial charge in [-0.2, -0.15) is 0 Å². The van der Waals surface area contributed by atoms with Crippen molar-refractivity contribution in [2.75, 3.05) is 13.2 Å². The summed E-state index contributed by atoms with van der Waals surface area (Å²) in [5.74, 6) is -9.75. The van der Waals surface area contributed by atoms with Crippen molar-refractivity contribution in [3.8, 4) is 5.88 Å². The Kier molecular flexibility index (Phi) is 5.75. The van der Waals surface area contributed by atoms with Gasteiger partial charge in [-0.1, -0.05) is 6.07 Å². The van der Waals surface area contributed by atoms with Crippen molar-refractivity contribution in [3.63, 3.8) is 0 Å². The molecule has 0 aliphatic heterocycles. The third kappa shape index (κ3) is 3.93. The van der Waals surface area contributed by atoms with Crippen LogP contribution in [0.15, 0.2) is 42.9 Å². The highest BCUT2D eigenvalue weighted by Gasteiger charge is 2.82. The van der Waals surface area contributed by atoms with Crippen molar-refractivity contribution in [1.29, 1.82) is 0 Å². The molecule has 198 valence electrons. The number of halogens is 6. The van der Waals surface area contributed by atoms with Gasteiger partial charge in [-0.15, -0.1) is 5.10 Å². The SMILES string of the molecule is OCC(F)(F)COc1ccc(C23CC(C(F)(F)[C@](O)(Cn4cnnn4)c4ccc(F)cc4F)(C2)C3)cn1. The molecule has 2 aromatic heterocycles. The van der Waals surface area contributed by atoms with E-state index in [9.17, 15) is 22.7 Å². The number of tetrazole rings is 1. The van der Waals surface area contributed by atoms with Gasteiger partial charge in [-0.3, -0.25) is 0 Å². The van der Waals surface area contributed by atoms with Gasteiger partial charge in [-0.25, -0.2) is 36.0 Å². The molecule has 6 rings (SSSR count). The average molecular weight is 529 g/mol. The molecule has 3 aliphatic carbocycles. The smallest absolute Gasteiger partial charge is 0.303 e. The number of nitrogens with zero attached hydrogens (tertiary/aromatic N) is 5. The zero-order valence-electron chi connectivity index (χ0n) is 19.1. The molecule has 0 amide bonds. The van der Waals surface area contributed by atoms with E-state index in [1.807, 2.05) is 0 Å². The molecule has 1 aromatic carbocycles. The minimum Gasteiger partial charge on any atom is -0.471 e. The standard InChI is InChI=1S/C23H21F6N5O3/c24-15-2-3-16(17(25)5-15)22(36,10-34-13-31-32-33-34)23(28,29)20-7-19(8-20,9-20)14-1-4-18(30-6-14)37-12-21(26,27)11-35/h1-6,13,35-36H,7-12H2/t19?,20?,22-/m0/s1. The van der Waals surface area contributed by atoms with Crippen molar-refractivity contribution >= 4 is 0 Å². The van der Waals surface area contributed by atoms with E-state index in [1.54, 1.807) is 0 Å². The second-order valence-corrected chi connectivity index (χ2v) is 9.85. The summed E-state index contributed by atoms with van der Waals surface area (Å²) >= 11 is 0. The first-order valence-corrected chi connectivity index (χ1v) is 11.2. The molecule has 3 fully saturated rings. The predicted octanol–water partition coefficient (Wildman–Crippen LogP) is 3.00. The van der Waals surface area contributed by atoms with Crippen LogP contribution in [0.25, 0.3) is 0 Å². The molecule has 0 saturated heterocycles. The minimum atomic E-state index is -3.88. The fraction of sp³-hybridized carbons (Fsp3) is 0.478. The van der Waals surface area contributed by atoms with Gasteiger partial charge in [0.2, 0.25) is 5.88 Å². The Morgan fingerprint density at radius 3 is 2.35 bits per heavy atom. The van der Waals surface area contributed by atoms with E-state index in [0.717, 1.165) is 23.1 Å². The number of ether oxygens (including phenoxy) is 1. The summed E-state index contributed by atoms with van der Waals surface area (Å²) in [6.07, 6.45) is 2.17. The molecule has 2 N–H and O–H groups in total. The number of pyridine rings is 1. The maximum absolute atomic E-state index is 16.2. The van der Waals surface area contributed by atoms with Crippen LogP contribution in [0.3, 0.4) is 0 Å². The van der Waals surface area contributed by atoms with Crippen LogP contribution in [-0.2, 0) is 17.6 Å². The summed E-state index contributed by atoms with van der Waals surface area (Å²) in [6.45, 7) is -3.33. The largest absolute Gasteiger partial charge is 0.471 e. The van der Waals surface area contributed by atoms with E-state index in [1.165, 1.54) is 18.3 Å². The van der Waals surface area contributed by atoms with Gasteiger partial charge in [0.1, 0.15) is 24.6 Å². The van der Waals surface area contributed by atoms with Gasteiger partial charge in [0.05, 0.1) is 6.54 Å². The number of hydrogen-bond donors (Lipinski definition) is 2. The van der Waals surface area contributed by atoms with Crippen molar-refractivity contribution in [2.24, 2.45) is 5.41 Å². The van der Waals surface area contributed by atoms with Crippen LogP contribution >= 0.6 is 0 Å². The Balaban J connectivity index is 1.37. The molecular formula is C23H21F6N5O3. The fourth-order valence-corrected chi connectivity index (χ4v) is 5.54. The molecule has 2 heterocycles. The number of aliphatic hydroxyl groups is 2. The van der Waals surface area contributed by atoms with Crippen LogP contribution in [0.5, 0.6) is 5.88 Å². The summed E-state index contributed by atoms with van der Waals surface area (Å²) in [5, 5.41) is 30.2. The van der Waals surface area contributed by atoms with Crippen molar-refractivity contribution in [1.82, 2.24) is 25.2 Å². The van der Waals surface area contributed by atoms with Gasteiger partial charge in [0.25, 0.3) is 5.92 Å². The Hall–Kier alpha value is -3.26. The first kappa shape index (κ1) is 25.4. The fourth-order valence-electron chi connectivity index (χ4n) is 5.54. The molecule has 37 heavy (non-hydrogen) atoms. The first-order chi connectivity index (χ1) is 17.4. The zero-order valence-corrected chi connectivity index (χ0v) is 19.1. The highest BCUT2D eigenvalue weighted by atomic mass is 19.3. The van der Waals surface area contributed by atoms with Crippen LogP contribution in [0.2, 0.25) is 0 Å². The van der Waals surface area contributed by atoms with Gasteiger partial charge >= 0.3 is 5.92 Å². The highest BCUT2D eigenvalue weighted by Crippen LogP contribution is 2.80. The van der Waals surface area contributed by atoms with Crippen LogP contribution in [0.1, 0.15) is 30.4 Å². The molecule has 0 radical (unpaired) electrons. The number of benzene rings is 1. The Bertz CT molecular complexity index is 1270. The number of aromatic nitrogens is 5. The van der Waals surface area contributed by atoms with E-state index in [4.69, 9.17) is 9.84 Å². The molecule has 3 saturated carbocycles. The molecule has 14 heteroatoms. The number of hydrogen-bond acceptors (Lipinski definition) is 7. The van der Waals surface area contributed by atoms with Crippen molar-refractivity contribution in [2.45, 2.75) is 48.7 Å². The molecule has 1 atom stereocenters. The van der Waals surface area contributed by atoms with Gasteiger partial charge in [0, 0.05) is 29.3 Å². The highest BCUT2D eigenvalue weighted by molar-refractivity contribution is 5.42. The number of alkyl halides is 4. The van der Waals surface area contributed by atoms with Gasteiger partial charge in [0.15, 0.2) is 12.2 Å². The van der Waals surface area contributed by atoms with E-state index in [0.29, 0.717) is 11.6 Å². The summed E-state index contributed by atoms with van der Waals surface area (Å²) in [7, 11) is 0. The predicted molar refractivity (Wildman–Crippen MR) is 113 cm³/mol. The monoisotopic (exact) mass is 529 g/mol. The average Bonchev–Trinajstić information content (AvgIpc) is 3.29. The van der Waals surface area contributed by atoms with Crippen molar-refractivity contribution < 1.29 is 41.3 Å². The molecule has 2 bridgehead atoms. The molecule has 0 unspecified atom stereocenters. The van der Waals surface area contributed by atoms with E-state index in [2.05, 4.69) is 20.5 Å². The van der Waals surface area contributed by atoms with Crippen LogP contribution in [0, 0.1) is 17.0 Å². The van der Waals surface area contributed by atoms with E-state index in [-0.39, 0.29) is 25.1 Å². The lowest BCUT2D eigenvalue weighted by Crippen LogP contribution is -2.76. The summed E-state index contributed by atoms with van der Waals surface area (Å²) in [4.78, 5) is 3.96. The Morgan fingerprint density at radius 1 is 1.05 bits per heavy atom. The molecular weight excluding hydrogens is 508 g/mol. The Labute approximate surface area is 205 Å². The van der Waals surface area contributed by atoms with Crippen LogP contribution in [0.4, 0.5) is 26.3 Å². The quantitative estimate of drug-likeness (QED) is 0.389. The Morgan fingerprint density at radius 2 is 1.78 bits per heavy atom. The third-order valence-corrected chi connectivity index (χ3v) is 7.39. The second-order valence-electron chi connectivity index (χ2n) is 9.85. The lowest BCUT2D eigenvalue weighted by molar-refractivity contribution is -0.347. The summed E-state index contributed by atoms with van der Waals surface area (Å²) in [5.41, 5.74) is -5.66. The maximum atomic E-state index is 16.2. The molecule has 3 aliphatic rings. The third-order valence-electron chi connectivity index (χ3n) is 7.39. The minimum absolute atomic E-state index is 0.0573. The second kappa shape index (κ2) is 8.38. The first-order valence-electron chi connectivity index (χ1n) is 11.2. The van der Waals surface area contributed by atoms with Crippen LogP contribution < -0.4 is 4.74 Å². The van der Waals surface area contributed by atoms with E-state index >= 15 is 8.78 Å². The topological polar surface area (TPSA) is 106 Å². The molecule has 3 aromatic rings. The van der Waals surface area contributed by atoms with Crippen molar-refractivity contribution in [3.05, 3.63) is 65.6 Å². The summed E-state index contributed by atoms with van der Waals surface area (Å²) in [6, 6.07) is 4.86.